The highest BCUT2D eigenvalue weighted by Crippen LogP contribution is 2.38. The van der Waals surface area contributed by atoms with E-state index in [9.17, 15) is 40.7 Å². The number of halogens is 5. The number of benzene rings is 3. The molecule has 0 aromatic heterocycles. The summed E-state index contributed by atoms with van der Waals surface area (Å²) in [6.45, 7) is 5.10. The predicted octanol–water partition coefficient (Wildman–Crippen LogP) is 5.83. The van der Waals surface area contributed by atoms with E-state index in [1.807, 2.05) is 0 Å². The predicted molar refractivity (Wildman–Crippen MR) is 142 cm³/mol. The molecule has 0 radical (unpaired) electrons. The minimum atomic E-state index is -5.06. The number of amides is 1. The topological polar surface area (TPSA) is 151 Å². The number of carbonyl (C=O) groups is 2. The Bertz CT molecular complexity index is 1640. The van der Waals surface area contributed by atoms with Crippen molar-refractivity contribution < 1.29 is 55.3 Å². The Kier molecular flexibility index (Phi) is 9.17. The van der Waals surface area contributed by atoms with Crippen molar-refractivity contribution in [2.24, 2.45) is 0 Å². The number of hydrogen-bond acceptors (Lipinski definition) is 7. The molecule has 3 rings (SSSR count). The van der Waals surface area contributed by atoms with Crippen LogP contribution in [0.4, 0.5) is 23.2 Å². The maximum atomic E-state index is 14.5. The Morgan fingerprint density at radius 2 is 1.67 bits per heavy atom. The van der Waals surface area contributed by atoms with Crippen LogP contribution < -0.4 is 19.5 Å². The SMILES string of the molecule is CC(C)(C)NC(=O)c1ccc(Oc2cc(F)c(CC(=O)O)cc2O)c(NS(=O)(=O)c2ccc(OC(F)(F)F)cc2Cl)c1. The number of alkyl halides is 3. The summed E-state index contributed by atoms with van der Waals surface area (Å²) in [5, 5.41) is 21.3. The van der Waals surface area contributed by atoms with Crippen LogP contribution in [0.1, 0.15) is 36.7 Å². The summed E-state index contributed by atoms with van der Waals surface area (Å²) in [6.07, 6.45) is -5.80. The van der Waals surface area contributed by atoms with Crippen LogP contribution in [-0.2, 0) is 21.2 Å². The molecule has 0 aliphatic carbocycles. The summed E-state index contributed by atoms with van der Waals surface area (Å²) in [5.41, 5.74) is -1.49. The molecule has 0 bridgehead atoms. The van der Waals surface area contributed by atoms with Crippen molar-refractivity contribution in [3.8, 4) is 23.0 Å². The van der Waals surface area contributed by atoms with Crippen LogP contribution in [0, 0.1) is 5.82 Å². The molecule has 0 aliphatic rings. The van der Waals surface area contributed by atoms with E-state index in [1.54, 1.807) is 20.8 Å². The number of sulfonamides is 1. The lowest BCUT2D eigenvalue weighted by molar-refractivity contribution is -0.274. The fourth-order valence-corrected chi connectivity index (χ4v) is 5.03. The van der Waals surface area contributed by atoms with Gasteiger partial charge in [0, 0.05) is 28.8 Å². The molecule has 226 valence electrons. The Morgan fingerprint density at radius 3 is 2.24 bits per heavy atom. The highest BCUT2D eigenvalue weighted by atomic mass is 35.5. The zero-order valence-electron chi connectivity index (χ0n) is 22.0. The first-order valence-corrected chi connectivity index (χ1v) is 13.6. The van der Waals surface area contributed by atoms with Gasteiger partial charge in [-0.1, -0.05) is 11.6 Å². The molecular formula is C26H23ClF4N2O8S. The summed E-state index contributed by atoms with van der Waals surface area (Å²) in [4.78, 5) is 23.0. The van der Waals surface area contributed by atoms with Crippen LogP contribution in [0.15, 0.2) is 53.4 Å². The number of phenols is 1. The molecule has 0 heterocycles. The number of carboxylic acids is 1. The van der Waals surface area contributed by atoms with Crippen molar-refractivity contribution in [2.75, 3.05) is 4.72 Å². The zero-order chi connectivity index (χ0) is 31.6. The minimum absolute atomic E-state index is 0.0535. The first-order chi connectivity index (χ1) is 19.2. The van der Waals surface area contributed by atoms with E-state index in [1.165, 1.54) is 6.07 Å². The fourth-order valence-electron chi connectivity index (χ4n) is 3.43. The second kappa shape index (κ2) is 11.9. The summed E-state index contributed by atoms with van der Waals surface area (Å²) < 4.78 is 90.0. The van der Waals surface area contributed by atoms with Crippen LogP contribution in [0.2, 0.25) is 5.02 Å². The number of aromatic hydroxyl groups is 1. The minimum Gasteiger partial charge on any atom is -0.504 e. The maximum Gasteiger partial charge on any atom is 0.573 e. The molecule has 4 N–H and O–H groups in total. The third-order valence-electron chi connectivity index (χ3n) is 5.09. The molecule has 10 nitrogen and oxygen atoms in total. The van der Waals surface area contributed by atoms with E-state index >= 15 is 0 Å². The number of phenolic OH excluding ortho intramolecular Hbond substituents is 1. The number of ether oxygens (including phenoxy) is 2. The van der Waals surface area contributed by atoms with Gasteiger partial charge in [0.1, 0.15) is 16.5 Å². The second-order valence-electron chi connectivity index (χ2n) is 9.74. The van der Waals surface area contributed by atoms with Crippen molar-refractivity contribution in [3.05, 3.63) is 70.5 Å². The fraction of sp³-hybridized carbons (Fsp3) is 0.231. The number of rotatable bonds is 9. The zero-order valence-corrected chi connectivity index (χ0v) is 23.5. The van der Waals surface area contributed by atoms with Gasteiger partial charge in [-0.15, -0.1) is 13.2 Å². The van der Waals surface area contributed by atoms with E-state index in [0.29, 0.717) is 12.1 Å². The second-order valence-corrected chi connectivity index (χ2v) is 11.8. The number of hydrogen-bond donors (Lipinski definition) is 4. The lowest BCUT2D eigenvalue weighted by Crippen LogP contribution is -2.40. The van der Waals surface area contributed by atoms with Crippen molar-refractivity contribution >= 4 is 39.2 Å². The molecule has 1 amide bonds. The molecule has 0 saturated carbocycles. The van der Waals surface area contributed by atoms with Crippen molar-refractivity contribution in [1.82, 2.24) is 5.32 Å². The van der Waals surface area contributed by atoms with Crippen LogP contribution >= 0.6 is 11.6 Å². The number of aliphatic carboxylic acids is 1. The lowest BCUT2D eigenvalue weighted by atomic mass is 10.1. The molecule has 0 spiro atoms. The number of nitrogens with one attached hydrogen (secondary N) is 2. The van der Waals surface area contributed by atoms with Crippen LogP contribution in [-0.4, -0.2) is 42.4 Å². The van der Waals surface area contributed by atoms with Crippen LogP contribution in [0.25, 0.3) is 0 Å². The molecule has 0 fully saturated rings. The third kappa shape index (κ3) is 8.63. The Hall–Kier alpha value is -4.24. The quantitative estimate of drug-likeness (QED) is 0.215. The Morgan fingerprint density at radius 1 is 1.00 bits per heavy atom. The van der Waals surface area contributed by atoms with Gasteiger partial charge in [-0.3, -0.25) is 14.3 Å². The standard InChI is InChI=1S/C26H23ClF4N2O8S/c1-25(2,3)32-24(37)13-4-6-20(40-21-12-17(28)14(9-19(21)34)10-23(35)36)18(8-13)33-42(38,39)22-7-5-15(11-16(22)27)41-26(29,30)31/h4-9,11-12,33-34H,10H2,1-3H3,(H,32,37)(H,35,36). The lowest BCUT2D eigenvalue weighted by Gasteiger charge is -2.21. The number of carboxylic acid groups (broad SMARTS) is 1. The van der Waals surface area contributed by atoms with E-state index in [0.717, 1.165) is 30.3 Å². The van der Waals surface area contributed by atoms with E-state index < -0.39 is 78.9 Å². The molecule has 0 aliphatic heterocycles. The number of carbonyl (C=O) groups excluding carboxylic acids is 1. The first-order valence-electron chi connectivity index (χ1n) is 11.7. The largest absolute Gasteiger partial charge is 0.573 e. The van der Waals surface area contributed by atoms with Gasteiger partial charge in [-0.05, 0) is 57.2 Å². The summed E-state index contributed by atoms with van der Waals surface area (Å²) in [6, 6.07) is 7.06. The van der Waals surface area contributed by atoms with Crippen LogP contribution in [0.3, 0.4) is 0 Å². The van der Waals surface area contributed by atoms with E-state index in [4.69, 9.17) is 21.4 Å². The maximum absolute atomic E-state index is 14.5. The number of anilines is 1. The normalized spacial score (nSPS) is 12.0. The van der Waals surface area contributed by atoms with Gasteiger partial charge >= 0.3 is 12.3 Å². The molecule has 0 saturated heterocycles. The van der Waals surface area contributed by atoms with Gasteiger partial charge in [0.05, 0.1) is 17.1 Å². The Labute approximate surface area is 241 Å². The summed E-state index contributed by atoms with van der Waals surface area (Å²) in [7, 11) is -4.67. The average molecular weight is 635 g/mol. The first kappa shape index (κ1) is 32.3. The van der Waals surface area contributed by atoms with Gasteiger partial charge in [-0.25, -0.2) is 12.8 Å². The van der Waals surface area contributed by atoms with Crippen molar-refractivity contribution in [3.63, 3.8) is 0 Å². The van der Waals surface area contributed by atoms with Gasteiger partial charge < -0.3 is 25.0 Å². The molecule has 42 heavy (non-hydrogen) atoms. The van der Waals surface area contributed by atoms with Gasteiger partial charge in [0.2, 0.25) is 0 Å². The summed E-state index contributed by atoms with van der Waals surface area (Å²) in [5.74, 6) is -5.35. The van der Waals surface area contributed by atoms with E-state index in [-0.39, 0.29) is 16.9 Å². The third-order valence-corrected chi connectivity index (χ3v) is 6.94. The monoisotopic (exact) mass is 634 g/mol. The molecule has 3 aromatic carbocycles. The van der Waals surface area contributed by atoms with E-state index in [2.05, 4.69) is 14.8 Å². The molecular weight excluding hydrogens is 612 g/mol. The highest BCUT2D eigenvalue weighted by molar-refractivity contribution is 7.92. The van der Waals surface area contributed by atoms with Gasteiger partial charge in [-0.2, -0.15) is 0 Å². The molecule has 16 heteroatoms. The smallest absolute Gasteiger partial charge is 0.504 e. The van der Waals surface area contributed by atoms with Crippen molar-refractivity contribution in [1.29, 1.82) is 0 Å². The Balaban J connectivity index is 2.05. The van der Waals surface area contributed by atoms with Crippen LogP contribution in [0.5, 0.6) is 23.0 Å². The molecule has 0 atom stereocenters. The average Bonchev–Trinajstić information content (AvgIpc) is 2.80. The molecule has 0 unspecified atom stereocenters. The van der Waals surface area contributed by atoms with Gasteiger partial charge in [0.25, 0.3) is 15.9 Å². The van der Waals surface area contributed by atoms with Gasteiger partial charge in [0.15, 0.2) is 17.2 Å². The molecule has 3 aromatic rings. The highest BCUT2D eigenvalue weighted by Gasteiger charge is 2.32. The summed E-state index contributed by atoms with van der Waals surface area (Å²) >= 11 is 5.94. The van der Waals surface area contributed by atoms with Crippen molar-refractivity contribution in [2.45, 2.75) is 44.0 Å².